The van der Waals surface area contributed by atoms with Crippen LogP contribution in [0, 0.1) is 5.82 Å². The standard InChI is InChI=1S/C12H9Cl2FO4/c1-2-19-5-7(12(17)18)11(16)6-3-10(15)9(14)4-8(6)13/h3-5H,2H2,1H3,(H,17,18)/b7-5-. The Kier molecular flexibility index (Phi) is 5.32. The third-order valence-electron chi connectivity index (χ3n) is 2.10. The SMILES string of the molecule is CCO/C=C(\C(=O)O)C(=O)c1cc(F)c(Cl)cc1Cl. The second kappa shape index (κ2) is 6.54. The number of halogens is 3. The zero-order valence-corrected chi connectivity index (χ0v) is 11.3. The first-order valence-electron chi connectivity index (χ1n) is 5.12. The lowest BCUT2D eigenvalue weighted by molar-refractivity contribution is -0.132. The smallest absolute Gasteiger partial charge is 0.342 e. The van der Waals surface area contributed by atoms with Gasteiger partial charge in [-0.1, -0.05) is 23.2 Å². The van der Waals surface area contributed by atoms with Gasteiger partial charge in [0.25, 0.3) is 0 Å². The van der Waals surface area contributed by atoms with E-state index in [-0.39, 0.29) is 22.2 Å². The minimum atomic E-state index is -1.50. The number of benzene rings is 1. The first kappa shape index (κ1) is 15.5. The second-order valence-corrected chi connectivity index (χ2v) is 4.18. The number of carbonyl (C=O) groups is 2. The zero-order valence-electron chi connectivity index (χ0n) is 9.75. The molecule has 0 radical (unpaired) electrons. The Morgan fingerprint density at radius 2 is 2.00 bits per heavy atom. The summed E-state index contributed by atoms with van der Waals surface area (Å²) in [4.78, 5) is 22.9. The summed E-state index contributed by atoms with van der Waals surface area (Å²) in [5, 5.41) is 8.52. The maximum absolute atomic E-state index is 13.3. The summed E-state index contributed by atoms with van der Waals surface area (Å²) in [7, 11) is 0. The van der Waals surface area contributed by atoms with Crippen molar-refractivity contribution in [3.8, 4) is 0 Å². The molecule has 0 aromatic heterocycles. The molecule has 0 aliphatic carbocycles. The molecular weight excluding hydrogens is 298 g/mol. The Morgan fingerprint density at radius 3 is 2.53 bits per heavy atom. The Hall–Kier alpha value is -1.59. The minimum Gasteiger partial charge on any atom is -0.500 e. The highest BCUT2D eigenvalue weighted by Crippen LogP contribution is 2.26. The van der Waals surface area contributed by atoms with Crippen molar-refractivity contribution in [2.75, 3.05) is 6.61 Å². The van der Waals surface area contributed by atoms with Crippen LogP contribution < -0.4 is 0 Å². The van der Waals surface area contributed by atoms with E-state index in [4.69, 9.17) is 33.0 Å². The van der Waals surface area contributed by atoms with E-state index in [0.717, 1.165) is 18.4 Å². The predicted molar refractivity (Wildman–Crippen MR) is 68.1 cm³/mol. The van der Waals surface area contributed by atoms with Crippen molar-refractivity contribution >= 4 is 35.0 Å². The number of carbonyl (C=O) groups excluding carboxylic acids is 1. The van der Waals surface area contributed by atoms with Crippen LogP contribution in [0.15, 0.2) is 24.0 Å². The molecule has 1 N–H and O–H groups in total. The summed E-state index contributed by atoms with van der Waals surface area (Å²) < 4.78 is 18.1. The van der Waals surface area contributed by atoms with Crippen LogP contribution in [0.2, 0.25) is 10.0 Å². The van der Waals surface area contributed by atoms with E-state index in [0.29, 0.717) is 0 Å². The highest BCUT2D eigenvalue weighted by Gasteiger charge is 2.23. The summed E-state index contributed by atoms with van der Waals surface area (Å²) in [6.45, 7) is 1.81. The third kappa shape index (κ3) is 3.68. The van der Waals surface area contributed by atoms with E-state index >= 15 is 0 Å². The number of Topliss-reactive ketones (excluding diaryl/α,β-unsaturated/α-hetero) is 1. The summed E-state index contributed by atoms with van der Waals surface area (Å²) >= 11 is 11.2. The molecule has 0 saturated carbocycles. The molecular formula is C12H9Cl2FO4. The quantitative estimate of drug-likeness (QED) is 0.226. The van der Waals surface area contributed by atoms with Gasteiger partial charge in [0.15, 0.2) is 0 Å². The Morgan fingerprint density at radius 1 is 1.37 bits per heavy atom. The monoisotopic (exact) mass is 306 g/mol. The Balaban J connectivity index is 3.24. The number of carboxylic acid groups (broad SMARTS) is 1. The fourth-order valence-electron chi connectivity index (χ4n) is 1.21. The normalized spacial score (nSPS) is 11.3. The molecule has 7 heteroatoms. The lowest BCUT2D eigenvalue weighted by Crippen LogP contribution is -2.14. The maximum atomic E-state index is 13.3. The fourth-order valence-corrected chi connectivity index (χ4v) is 1.68. The number of hydrogen-bond donors (Lipinski definition) is 1. The number of rotatable bonds is 5. The van der Waals surface area contributed by atoms with Gasteiger partial charge in [0.2, 0.25) is 5.78 Å². The molecule has 1 rings (SSSR count). The minimum absolute atomic E-state index is 0.139. The van der Waals surface area contributed by atoms with Crippen molar-refractivity contribution in [3.63, 3.8) is 0 Å². The molecule has 0 saturated heterocycles. The van der Waals surface area contributed by atoms with Gasteiger partial charge in [0.05, 0.1) is 16.7 Å². The van der Waals surface area contributed by atoms with Gasteiger partial charge < -0.3 is 9.84 Å². The van der Waals surface area contributed by atoms with Crippen LogP contribution in [-0.4, -0.2) is 23.5 Å². The van der Waals surface area contributed by atoms with Gasteiger partial charge in [0, 0.05) is 5.56 Å². The van der Waals surface area contributed by atoms with Crippen molar-refractivity contribution in [2.24, 2.45) is 0 Å². The van der Waals surface area contributed by atoms with Gasteiger partial charge in [-0.05, 0) is 19.1 Å². The second-order valence-electron chi connectivity index (χ2n) is 3.37. The highest BCUT2D eigenvalue weighted by atomic mass is 35.5. The maximum Gasteiger partial charge on any atom is 0.342 e. The van der Waals surface area contributed by atoms with Gasteiger partial charge in [-0.3, -0.25) is 4.79 Å². The van der Waals surface area contributed by atoms with Crippen molar-refractivity contribution in [1.82, 2.24) is 0 Å². The molecule has 0 aliphatic heterocycles. The first-order valence-corrected chi connectivity index (χ1v) is 5.88. The molecule has 0 spiro atoms. The van der Waals surface area contributed by atoms with Crippen molar-refractivity contribution in [2.45, 2.75) is 6.92 Å². The highest BCUT2D eigenvalue weighted by molar-refractivity contribution is 6.38. The lowest BCUT2D eigenvalue weighted by Gasteiger charge is -2.06. The molecule has 1 aromatic rings. The number of hydrogen-bond acceptors (Lipinski definition) is 3. The summed E-state index contributed by atoms with van der Waals surface area (Å²) in [6.07, 6.45) is 0.799. The van der Waals surface area contributed by atoms with Crippen LogP contribution >= 0.6 is 23.2 Å². The number of aliphatic carboxylic acids is 1. The molecule has 0 unspecified atom stereocenters. The van der Waals surface area contributed by atoms with E-state index in [1.165, 1.54) is 0 Å². The van der Waals surface area contributed by atoms with Crippen LogP contribution in [0.1, 0.15) is 17.3 Å². The van der Waals surface area contributed by atoms with Gasteiger partial charge in [0.1, 0.15) is 17.7 Å². The van der Waals surface area contributed by atoms with Gasteiger partial charge >= 0.3 is 5.97 Å². The molecule has 0 atom stereocenters. The lowest BCUT2D eigenvalue weighted by atomic mass is 10.0. The molecule has 102 valence electrons. The van der Waals surface area contributed by atoms with Crippen molar-refractivity contribution in [1.29, 1.82) is 0 Å². The van der Waals surface area contributed by atoms with E-state index in [9.17, 15) is 14.0 Å². The Labute approximate surface area is 118 Å². The average molecular weight is 307 g/mol. The summed E-state index contributed by atoms with van der Waals surface area (Å²) in [6, 6.07) is 1.82. The first-order chi connectivity index (χ1) is 8.88. The summed E-state index contributed by atoms with van der Waals surface area (Å²) in [5.74, 6) is -3.32. The molecule has 4 nitrogen and oxygen atoms in total. The van der Waals surface area contributed by atoms with Crippen LogP contribution in [0.5, 0.6) is 0 Å². The van der Waals surface area contributed by atoms with Crippen LogP contribution in [0.4, 0.5) is 4.39 Å². The largest absolute Gasteiger partial charge is 0.500 e. The molecule has 0 amide bonds. The molecule has 1 aromatic carbocycles. The number of ketones is 1. The summed E-state index contributed by atoms with van der Waals surface area (Å²) in [5.41, 5.74) is -0.942. The molecule has 0 heterocycles. The van der Waals surface area contributed by atoms with E-state index < -0.39 is 23.1 Å². The number of carboxylic acids is 1. The van der Waals surface area contributed by atoms with Crippen LogP contribution in [-0.2, 0) is 9.53 Å². The molecule has 0 aliphatic rings. The molecule has 0 bridgehead atoms. The van der Waals surface area contributed by atoms with Crippen LogP contribution in [0.25, 0.3) is 0 Å². The van der Waals surface area contributed by atoms with Crippen LogP contribution in [0.3, 0.4) is 0 Å². The van der Waals surface area contributed by atoms with Crippen molar-refractivity contribution in [3.05, 3.63) is 45.4 Å². The average Bonchev–Trinajstić information content (AvgIpc) is 2.33. The van der Waals surface area contributed by atoms with Gasteiger partial charge in [-0.2, -0.15) is 0 Å². The third-order valence-corrected chi connectivity index (χ3v) is 2.70. The van der Waals surface area contributed by atoms with E-state index in [2.05, 4.69) is 0 Å². The zero-order chi connectivity index (χ0) is 14.6. The Bertz CT molecular complexity index is 555. The van der Waals surface area contributed by atoms with E-state index in [1.54, 1.807) is 6.92 Å². The predicted octanol–water partition coefficient (Wildman–Crippen LogP) is 3.32. The number of ether oxygens (including phenoxy) is 1. The molecule has 0 fully saturated rings. The van der Waals surface area contributed by atoms with Crippen molar-refractivity contribution < 1.29 is 23.8 Å². The fraction of sp³-hybridized carbons (Fsp3) is 0.167. The van der Waals surface area contributed by atoms with Gasteiger partial charge in [-0.15, -0.1) is 0 Å². The topological polar surface area (TPSA) is 63.6 Å². The van der Waals surface area contributed by atoms with E-state index in [1.807, 2.05) is 0 Å². The van der Waals surface area contributed by atoms with Gasteiger partial charge in [-0.25, -0.2) is 9.18 Å². The molecule has 19 heavy (non-hydrogen) atoms.